The zero-order chi connectivity index (χ0) is 7.68. The molecule has 2 rings (SSSR count). The van der Waals surface area contributed by atoms with Crippen LogP contribution in [-0.4, -0.2) is 4.98 Å². The van der Waals surface area contributed by atoms with Gasteiger partial charge in [-0.05, 0) is 42.4 Å². The molecule has 58 valence electrons. The average Bonchev–Trinajstić information content (AvgIpc) is 2.06. The topological polar surface area (TPSA) is 12.9 Å². The lowest BCUT2D eigenvalue weighted by atomic mass is 9.85. The van der Waals surface area contributed by atoms with E-state index in [4.69, 9.17) is 0 Å². The summed E-state index contributed by atoms with van der Waals surface area (Å²) in [5.41, 5.74) is 2.98. The normalized spacial score (nSPS) is 22.8. The van der Waals surface area contributed by atoms with Crippen LogP contribution >= 0.6 is 0 Å². The van der Waals surface area contributed by atoms with Crippen LogP contribution in [0.2, 0.25) is 0 Å². The van der Waals surface area contributed by atoms with Crippen LogP contribution in [0.25, 0.3) is 0 Å². The summed E-state index contributed by atoms with van der Waals surface area (Å²) in [4.78, 5) is 4.13. The van der Waals surface area contributed by atoms with Gasteiger partial charge in [-0.15, -0.1) is 0 Å². The third-order valence-electron chi connectivity index (χ3n) is 2.56. The molecule has 1 heteroatoms. The lowest BCUT2D eigenvalue weighted by Crippen LogP contribution is -2.06. The highest BCUT2D eigenvalue weighted by Gasteiger charge is 2.14. The quantitative estimate of drug-likeness (QED) is 0.549. The average molecular weight is 147 g/mol. The van der Waals surface area contributed by atoms with Crippen molar-refractivity contribution in [1.29, 1.82) is 0 Å². The van der Waals surface area contributed by atoms with Crippen molar-refractivity contribution >= 4 is 0 Å². The molecule has 11 heavy (non-hydrogen) atoms. The van der Waals surface area contributed by atoms with E-state index in [1.54, 1.807) is 0 Å². The lowest BCUT2D eigenvalue weighted by molar-refractivity contribution is 0.588. The molecule has 0 aliphatic heterocycles. The monoisotopic (exact) mass is 147 g/mol. The molecule has 1 aromatic heterocycles. The molecular formula is C10H13N. The van der Waals surface area contributed by atoms with E-state index in [1.807, 2.05) is 12.4 Å². The summed E-state index contributed by atoms with van der Waals surface area (Å²) in [5.74, 6) is 0.752. The molecule has 1 nitrogen and oxygen atoms in total. The van der Waals surface area contributed by atoms with Gasteiger partial charge < -0.3 is 0 Å². The van der Waals surface area contributed by atoms with Gasteiger partial charge in [0.1, 0.15) is 0 Å². The molecule has 0 fully saturated rings. The number of hydrogen-bond donors (Lipinski definition) is 0. The largest absolute Gasteiger partial charge is 0.264 e. The zero-order valence-corrected chi connectivity index (χ0v) is 6.88. The van der Waals surface area contributed by atoms with Crippen molar-refractivity contribution < 1.29 is 0 Å². The van der Waals surface area contributed by atoms with Crippen molar-refractivity contribution in [3.8, 4) is 0 Å². The van der Waals surface area contributed by atoms with Gasteiger partial charge in [0, 0.05) is 12.4 Å². The molecule has 1 atom stereocenters. The van der Waals surface area contributed by atoms with Gasteiger partial charge in [0.15, 0.2) is 0 Å². The Bertz CT molecular complexity index is 255. The van der Waals surface area contributed by atoms with E-state index in [-0.39, 0.29) is 0 Å². The van der Waals surface area contributed by atoms with Crippen molar-refractivity contribution in [2.45, 2.75) is 32.1 Å². The van der Waals surface area contributed by atoms with Crippen LogP contribution in [0.1, 0.15) is 36.8 Å². The smallest absolute Gasteiger partial charge is 0.0302 e. The summed E-state index contributed by atoms with van der Waals surface area (Å²) in [5, 5.41) is 0. The van der Waals surface area contributed by atoms with E-state index >= 15 is 0 Å². The van der Waals surface area contributed by atoms with E-state index in [0.29, 0.717) is 0 Å². The molecule has 0 aromatic carbocycles. The highest BCUT2D eigenvalue weighted by Crippen LogP contribution is 2.29. The van der Waals surface area contributed by atoms with Crippen molar-refractivity contribution in [1.82, 2.24) is 4.98 Å². The Morgan fingerprint density at radius 3 is 3.27 bits per heavy atom. The summed E-state index contributed by atoms with van der Waals surface area (Å²) >= 11 is 0. The number of hydrogen-bond acceptors (Lipinski definition) is 1. The van der Waals surface area contributed by atoms with Crippen LogP contribution in [0.3, 0.4) is 0 Å². The van der Waals surface area contributed by atoms with Gasteiger partial charge in [-0.3, -0.25) is 4.98 Å². The third-order valence-corrected chi connectivity index (χ3v) is 2.56. The molecule has 0 radical (unpaired) electrons. The molecule has 1 heterocycles. The second-order valence-electron chi connectivity index (χ2n) is 3.37. The minimum absolute atomic E-state index is 0.752. The molecule has 0 bridgehead atoms. The second kappa shape index (κ2) is 2.65. The third kappa shape index (κ3) is 1.15. The Balaban J connectivity index is 2.44. The van der Waals surface area contributed by atoms with E-state index in [9.17, 15) is 0 Å². The minimum atomic E-state index is 0.752. The molecule has 1 aliphatic carbocycles. The molecule has 0 spiro atoms. The number of fused-ring (bicyclic) bond motifs is 1. The fourth-order valence-electron chi connectivity index (χ4n) is 1.88. The van der Waals surface area contributed by atoms with E-state index in [0.717, 1.165) is 5.92 Å². The fourth-order valence-corrected chi connectivity index (χ4v) is 1.88. The molecule has 1 aromatic rings. The lowest BCUT2D eigenvalue weighted by Gasteiger charge is -2.20. The SMILES string of the molecule is CC1CCCc2cnccc21. The summed E-state index contributed by atoms with van der Waals surface area (Å²) in [7, 11) is 0. The van der Waals surface area contributed by atoms with Crippen LogP contribution in [0.15, 0.2) is 18.5 Å². The summed E-state index contributed by atoms with van der Waals surface area (Å²) in [6, 6.07) is 2.17. The molecule has 0 N–H and O–H groups in total. The highest BCUT2D eigenvalue weighted by molar-refractivity contribution is 5.28. The van der Waals surface area contributed by atoms with Crippen LogP contribution in [0.4, 0.5) is 0 Å². The van der Waals surface area contributed by atoms with E-state index in [1.165, 1.54) is 30.4 Å². The summed E-state index contributed by atoms with van der Waals surface area (Å²) in [6.07, 6.45) is 7.83. The zero-order valence-electron chi connectivity index (χ0n) is 6.88. The summed E-state index contributed by atoms with van der Waals surface area (Å²) in [6.45, 7) is 2.30. The number of aryl methyl sites for hydroxylation is 1. The maximum Gasteiger partial charge on any atom is 0.0302 e. The van der Waals surface area contributed by atoms with E-state index in [2.05, 4.69) is 18.0 Å². The Morgan fingerprint density at radius 2 is 2.45 bits per heavy atom. The molecule has 1 unspecified atom stereocenters. The Kier molecular flexibility index (Phi) is 1.65. The first-order chi connectivity index (χ1) is 5.38. The Labute approximate surface area is 67.5 Å². The van der Waals surface area contributed by atoms with E-state index < -0.39 is 0 Å². The van der Waals surface area contributed by atoms with Gasteiger partial charge in [0.2, 0.25) is 0 Å². The first-order valence-electron chi connectivity index (χ1n) is 4.30. The molecule has 0 amide bonds. The molecule has 1 aliphatic rings. The van der Waals surface area contributed by atoms with Gasteiger partial charge in [0.25, 0.3) is 0 Å². The van der Waals surface area contributed by atoms with Crippen LogP contribution in [0, 0.1) is 0 Å². The number of rotatable bonds is 0. The summed E-state index contributed by atoms with van der Waals surface area (Å²) < 4.78 is 0. The van der Waals surface area contributed by atoms with Gasteiger partial charge in [-0.2, -0.15) is 0 Å². The predicted molar refractivity (Wildman–Crippen MR) is 45.6 cm³/mol. The number of pyridine rings is 1. The number of nitrogens with zero attached hydrogens (tertiary/aromatic N) is 1. The predicted octanol–water partition coefficient (Wildman–Crippen LogP) is 2.52. The number of aromatic nitrogens is 1. The van der Waals surface area contributed by atoms with Gasteiger partial charge >= 0.3 is 0 Å². The van der Waals surface area contributed by atoms with Crippen molar-refractivity contribution in [2.24, 2.45) is 0 Å². The highest BCUT2D eigenvalue weighted by atomic mass is 14.6. The first-order valence-corrected chi connectivity index (χ1v) is 4.30. The van der Waals surface area contributed by atoms with Crippen molar-refractivity contribution in [3.63, 3.8) is 0 Å². The van der Waals surface area contributed by atoms with Crippen LogP contribution in [-0.2, 0) is 6.42 Å². The van der Waals surface area contributed by atoms with Crippen LogP contribution < -0.4 is 0 Å². The minimum Gasteiger partial charge on any atom is -0.264 e. The maximum absolute atomic E-state index is 4.13. The first kappa shape index (κ1) is 6.84. The van der Waals surface area contributed by atoms with Crippen molar-refractivity contribution in [2.75, 3.05) is 0 Å². The van der Waals surface area contributed by atoms with Gasteiger partial charge in [-0.1, -0.05) is 6.92 Å². The van der Waals surface area contributed by atoms with Crippen molar-refractivity contribution in [3.05, 3.63) is 29.6 Å². The molecular weight excluding hydrogens is 134 g/mol. The maximum atomic E-state index is 4.13. The molecule has 0 saturated heterocycles. The Morgan fingerprint density at radius 1 is 1.55 bits per heavy atom. The fraction of sp³-hybridized carbons (Fsp3) is 0.500. The molecule has 0 saturated carbocycles. The van der Waals surface area contributed by atoms with Gasteiger partial charge in [0.05, 0.1) is 0 Å². The standard InChI is InChI=1S/C10H13N/c1-8-3-2-4-9-7-11-6-5-10(8)9/h5-8H,2-4H2,1H3. The van der Waals surface area contributed by atoms with Crippen LogP contribution in [0.5, 0.6) is 0 Å². The van der Waals surface area contributed by atoms with Gasteiger partial charge in [-0.25, -0.2) is 0 Å². The Hall–Kier alpha value is -0.850. The second-order valence-corrected chi connectivity index (χ2v) is 3.37.